The quantitative estimate of drug-likeness (QED) is 0.262. The zero-order chi connectivity index (χ0) is 24.6. The molecule has 34 heavy (non-hydrogen) atoms. The van der Waals surface area contributed by atoms with E-state index in [-0.39, 0.29) is 39.4 Å². The predicted molar refractivity (Wildman–Crippen MR) is 118 cm³/mol. The normalized spacial score (nSPS) is 11.6. The first-order valence-corrected chi connectivity index (χ1v) is 10.4. The molecule has 0 amide bonds. The second-order valence-electron chi connectivity index (χ2n) is 7.22. The van der Waals surface area contributed by atoms with Crippen LogP contribution in [-0.2, 0) is 19.8 Å². The van der Waals surface area contributed by atoms with Crippen LogP contribution in [0.1, 0.15) is 11.1 Å². The molecule has 0 fully saturated rings. The third kappa shape index (κ3) is 4.85. The van der Waals surface area contributed by atoms with E-state index < -0.39 is 23.4 Å². The van der Waals surface area contributed by atoms with Crippen LogP contribution in [0.25, 0.3) is 22.8 Å². The molecule has 4 rings (SSSR count). The van der Waals surface area contributed by atoms with Crippen molar-refractivity contribution in [3.63, 3.8) is 0 Å². The Hall–Kier alpha value is -3.17. The molecule has 0 saturated heterocycles. The third-order valence-electron chi connectivity index (χ3n) is 4.90. The monoisotopic (exact) mass is 513 g/mol. The number of benzene rings is 3. The van der Waals surface area contributed by atoms with E-state index in [1.165, 1.54) is 35.0 Å². The Morgan fingerprint density at radius 2 is 1.71 bits per heavy atom. The lowest BCUT2D eigenvalue weighted by Gasteiger charge is -2.12. The summed E-state index contributed by atoms with van der Waals surface area (Å²) in [5, 5.41) is 4.54. The molecule has 0 aliphatic rings. The molecule has 0 spiro atoms. The van der Waals surface area contributed by atoms with Crippen molar-refractivity contribution in [2.24, 2.45) is 7.05 Å². The molecule has 0 unspecified atom stereocenters. The molecule has 0 radical (unpaired) electrons. The summed E-state index contributed by atoms with van der Waals surface area (Å²) in [7, 11) is 1.62. The van der Waals surface area contributed by atoms with Gasteiger partial charge in [0.2, 0.25) is 0 Å². The number of hydrogen-bond acceptors (Lipinski definition) is 3. The Morgan fingerprint density at radius 3 is 2.35 bits per heavy atom. The summed E-state index contributed by atoms with van der Waals surface area (Å²) in [4.78, 5) is 4.36. The lowest BCUT2D eigenvalue weighted by Crippen LogP contribution is -2.07. The summed E-state index contributed by atoms with van der Waals surface area (Å²) in [6.07, 6.45) is -4.64. The van der Waals surface area contributed by atoms with Gasteiger partial charge < -0.3 is 4.74 Å². The van der Waals surface area contributed by atoms with Crippen molar-refractivity contribution in [1.29, 1.82) is 0 Å². The Labute approximate surface area is 200 Å². The fourth-order valence-electron chi connectivity index (χ4n) is 3.21. The number of ether oxygens (including phenoxy) is 1. The lowest BCUT2D eigenvalue weighted by molar-refractivity contribution is -0.137. The van der Waals surface area contributed by atoms with E-state index in [4.69, 9.17) is 27.9 Å². The van der Waals surface area contributed by atoms with Crippen LogP contribution in [0, 0.1) is 11.6 Å². The van der Waals surface area contributed by atoms with Crippen LogP contribution >= 0.6 is 23.2 Å². The molecule has 0 aliphatic carbocycles. The Kier molecular flexibility index (Phi) is 6.51. The minimum atomic E-state index is -4.64. The summed E-state index contributed by atoms with van der Waals surface area (Å²) in [5.41, 5.74) is -0.550. The largest absolute Gasteiger partial charge is 0.487 e. The van der Waals surface area contributed by atoms with Crippen LogP contribution in [0.15, 0.2) is 54.6 Å². The molecule has 176 valence electrons. The van der Waals surface area contributed by atoms with Gasteiger partial charge in [0.05, 0.1) is 21.2 Å². The zero-order valence-electron chi connectivity index (χ0n) is 17.3. The van der Waals surface area contributed by atoms with Crippen molar-refractivity contribution in [1.82, 2.24) is 14.8 Å². The minimum absolute atomic E-state index is 0.0622. The van der Waals surface area contributed by atoms with Crippen molar-refractivity contribution in [2.45, 2.75) is 12.8 Å². The Bertz CT molecular complexity index is 1350. The highest BCUT2D eigenvalue weighted by Crippen LogP contribution is 2.34. The second kappa shape index (κ2) is 9.23. The van der Waals surface area contributed by atoms with Crippen LogP contribution in [0.5, 0.6) is 5.75 Å². The van der Waals surface area contributed by atoms with E-state index in [1.54, 1.807) is 13.1 Å². The van der Waals surface area contributed by atoms with E-state index in [0.717, 1.165) is 12.1 Å². The van der Waals surface area contributed by atoms with E-state index in [0.29, 0.717) is 17.5 Å². The van der Waals surface area contributed by atoms with Gasteiger partial charge in [-0.3, -0.25) is 0 Å². The average molecular weight is 514 g/mol. The number of alkyl halides is 3. The highest BCUT2D eigenvalue weighted by Gasteiger charge is 2.31. The van der Waals surface area contributed by atoms with E-state index in [2.05, 4.69) is 10.1 Å². The number of nitrogens with zero attached hydrogens (tertiary/aromatic N) is 3. The van der Waals surface area contributed by atoms with Gasteiger partial charge in [-0.1, -0.05) is 35.3 Å². The van der Waals surface area contributed by atoms with Gasteiger partial charge in [0.25, 0.3) is 0 Å². The third-order valence-corrected chi connectivity index (χ3v) is 5.51. The molecule has 0 atom stereocenters. The van der Waals surface area contributed by atoms with Crippen molar-refractivity contribution in [3.8, 4) is 28.5 Å². The molecule has 0 N–H and O–H groups in total. The molecule has 0 bridgehead atoms. The molecule has 4 aromatic rings. The van der Waals surface area contributed by atoms with Crippen molar-refractivity contribution >= 4 is 23.2 Å². The number of hydrogen-bond donors (Lipinski definition) is 0. The Balaban J connectivity index is 1.55. The summed E-state index contributed by atoms with van der Waals surface area (Å²) in [6, 6.07) is 11.1. The molecule has 3 aromatic carbocycles. The van der Waals surface area contributed by atoms with Gasteiger partial charge in [0.1, 0.15) is 24.0 Å². The fraction of sp³-hybridized carbons (Fsp3) is 0.130. The topological polar surface area (TPSA) is 39.9 Å². The molecular formula is C23H14Cl2F5N3O. The van der Waals surface area contributed by atoms with Gasteiger partial charge in [-0.15, -0.1) is 0 Å². The Morgan fingerprint density at radius 1 is 0.941 bits per heavy atom. The maximum atomic E-state index is 14.2. The van der Waals surface area contributed by atoms with Gasteiger partial charge >= 0.3 is 6.18 Å². The highest BCUT2D eigenvalue weighted by atomic mass is 35.5. The average Bonchev–Trinajstić information content (AvgIpc) is 3.13. The van der Waals surface area contributed by atoms with Gasteiger partial charge in [0.15, 0.2) is 11.6 Å². The smallest absolute Gasteiger partial charge is 0.416 e. The van der Waals surface area contributed by atoms with Gasteiger partial charge in [-0.2, -0.15) is 18.3 Å². The zero-order valence-corrected chi connectivity index (χ0v) is 18.8. The number of halogens is 7. The standard InChI is InChI=1S/C23H14Cl2F5N3O/c1-33-22(31-21(32-33)20-15(24)3-2-4-17(20)26)12-6-8-19(16(25)9-12)34-11-13-5-7-14(10-18(13)27)23(28,29)30/h2-10H,11H2,1H3. The van der Waals surface area contributed by atoms with Crippen LogP contribution in [0.2, 0.25) is 10.0 Å². The second-order valence-corrected chi connectivity index (χ2v) is 8.03. The first-order chi connectivity index (χ1) is 16.0. The molecule has 0 aliphatic heterocycles. The van der Waals surface area contributed by atoms with Gasteiger partial charge in [-0.05, 0) is 42.5 Å². The lowest BCUT2D eigenvalue weighted by atomic mass is 10.1. The summed E-state index contributed by atoms with van der Waals surface area (Å²) < 4.78 is 73.3. The van der Waals surface area contributed by atoms with Crippen LogP contribution < -0.4 is 4.74 Å². The minimum Gasteiger partial charge on any atom is -0.487 e. The number of rotatable bonds is 5. The summed E-state index contributed by atoms with van der Waals surface area (Å²) >= 11 is 12.4. The van der Waals surface area contributed by atoms with E-state index >= 15 is 0 Å². The van der Waals surface area contributed by atoms with Gasteiger partial charge in [0, 0.05) is 18.2 Å². The molecule has 1 aromatic heterocycles. The molecular weight excluding hydrogens is 500 g/mol. The first-order valence-electron chi connectivity index (χ1n) is 9.68. The van der Waals surface area contributed by atoms with Crippen LogP contribution in [-0.4, -0.2) is 14.8 Å². The van der Waals surface area contributed by atoms with Crippen molar-refractivity contribution in [3.05, 3.63) is 87.4 Å². The van der Waals surface area contributed by atoms with E-state index in [9.17, 15) is 22.0 Å². The van der Waals surface area contributed by atoms with Crippen LogP contribution in [0.4, 0.5) is 22.0 Å². The summed E-state index contributed by atoms with van der Waals surface area (Å²) in [6.45, 7) is -0.330. The first kappa shape index (κ1) is 24.0. The van der Waals surface area contributed by atoms with Crippen molar-refractivity contribution < 1.29 is 26.7 Å². The van der Waals surface area contributed by atoms with Crippen LogP contribution in [0.3, 0.4) is 0 Å². The summed E-state index contributed by atoms with van der Waals surface area (Å²) in [5.74, 6) is -0.960. The van der Waals surface area contributed by atoms with Gasteiger partial charge in [-0.25, -0.2) is 18.4 Å². The molecule has 1 heterocycles. The molecule has 11 heteroatoms. The maximum absolute atomic E-state index is 14.2. The van der Waals surface area contributed by atoms with E-state index in [1.807, 2.05) is 0 Å². The SMILES string of the molecule is Cn1nc(-c2c(F)cccc2Cl)nc1-c1ccc(OCc2ccc(C(F)(F)F)cc2F)c(Cl)c1. The molecule has 4 nitrogen and oxygen atoms in total. The number of aryl methyl sites for hydroxylation is 1. The maximum Gasteiger partial charge on any atom is 0.416 e. The molecule has 0 saturated carbocycles. The number of aromatic nitrogens is 3. The fourth-order valence-corrected chi connectivity index (χ4v) is 3.69. The van der Waals surface area contributed by atoms with Crippen molar-refractivity contribution in [2.75, 3.05) is 0 Å². The predicted octanol–water partition coefficient (Wildman–Crippen LogP) is 7.33. The highest BCUT2D eigenvalue weighted by molar-refractivity contribution is 6.33.